The van der Waals surface area contributed by atoms with Crippen molar-refractivity contribution in [1.29, 1.82) is 0 Å². The van der Waals surface area contributed by atoms with Gasteiger partial charge in [-0.05, 0) is 55.7 Å². The van der Waals surface area contributed by atoms with Crippen molar-refractivity contribution in [2.45, 2.75) is 38.5 Å². The van der Waals surface area contributed by atoms with Crippen molar-refractivity contribution in [3.63, 3.8) is 0 Å². The molecule has 2 atom stereocenters. The summed E-state index contributed by atoms with van der Waals surface area (Å²) in [6.45, 7) is 9.27. The summed E-state index contributed by atoms with van der Waals surface area (Å²) in [7, 11) is 0. The van der Waals surface area contributed by atoms with E-state index in [2.05, 4.69) is 56.4 Å². The van der Waals surface area contributed by atoms with Gasteiger partial charge in [0, 0.05) is 4.90 Å². The monoisotopic (exact) mass is 265 g/mol. The molecule has 1 aromatic carbocycles. The van der Waals surface area contributed by atoms with E-state index in [4.69, 9.17) is 0 Å². The van der Waals surface area contributed by atoms with Crippen molar-refractivity contribution in [3.8, 4) is 0 Å². The van der Waals surface area contributed by atoms with Crippen LogP contribution in [0.3, 0.4) is 0 Å². The summed E-state index contributed by atoms with van der Waals surface area (Å²) < 4.78 is 0. The summed E-state index contributed by atoms with van der Waals surface area (Å²) >= 11 is 1.97. The third-order valence-electron chi connectivity index (χ3n) is 3.45. The van der Waals surface area contributed by atoms with E-state index in [9.17, 15) is 0 Å². The van der Waals surface area contributed by atoms with Crippen LogP contribution in [0.5, 0.6) is 0 Å². The molecule has 0 amide bonds. The summed E-state index contributed by atoms with van der Waals surface area (Å²) in [6, 6.07) is 10.7. The standard InChI is InChI=1S/C16H27NS/c1-4-11-17-13-15(3)14(2)10-12-18-16-8-6-5-7-9-16/h5-9,14-15,17H,4,10-13H2,1-3H3. The van der Waals surface area contributed by atoms with E-state index in [0.29, 0.717) is 0 Å². The Morgan fingerprint density at radius 2 is 1.83 bits per heavy atom. The molecular weight excluding hydrogens is 238 g/mol. The number of hydrogen-bond acceptors (Lipinski definition) is 2. The minimum atomic E-state index is 0.771. The first-order chi connectivity index (χ1) is 8.74. The van der Waals surface area contributed by atoms with Crippen molar-refractivity contribution in [2.75, 3.05) is 18.8 Å². The number of hydrogen-bond donors (Lipinski definition) is 1. The Labute approximate surface area is 117 Å². The molecule has 0 aromatic heterocycles. The van der Waals surface area contributed by atoms with Crippen LogP contribution in [0.2, 0.25) is 0 Å². The van der Waals surface area contributed by atoms with Crippen LogP contribution in [0.1, 0.15) is 33.6 Å². The van der Waals surface area contributed by atoms with Crippen molar-refractivity contribution >= 4 is 11.8 Å². The second kappa shape index (κ2) is 9.46. The quantitative estimate of drug-likeness (QED) is 0.523. The molecule has 1 N–H and O–H groups in total. The van der Waals surface area contributed by atoms with Gasteiger partial charge in [-0.2, -0.15) is 0 Å². The van der Waals surface area contributed by atoms with Crippen LogP contribution >= 0.6 is 11.8 Å². The van der Waals surface area contributed by atoms with Crippen molar-refractivity contribution in [3.05, 3.63) is 30.3 Å². The first kappa shape index (κ1) is 15.6. The fourth-order valence-electron chi connectivity index (χ4n) is 1.87. The molecule has 0 saturated heterocycles. The normalized spacial score (nSPS) is 14.4. The van der Waals surface area contributed by atoms with E-state index in [1.807, 2.05) is 11.8 Å². The van der Waals surface area contributed by atoms with Crippen LogP contribution in [-0.2, 0) is 0 Å². The predicted molar refractivity (Wildman–Crippen MR) is 83.3 cm³/mol. The summed E-state index contributed by atoms with van der Waals surface area (Å²) in [5.74, 6) is 2.79. The molecule has 0 aliphatic carbocycles. The zero-order valence-electron chi connectivity index (χ0n) is 12.0. The van der Waals surface area contributed by atoms with Crippen molar-refractivity contribution in [2.24, 2.45) is 11.8 Å². The highest BCUT2D eigenvalue weighted by molar-refractivity contribution is 7.99. The lowest BCUT2D eigenvalue weighted by molar-refractivity contribution is 0.360. The molecular formula is C16H27NS. The van der Waals surface area contributed by atoms with E-state index < -0.39 is 0 Å². The second-order valence-electron chi connectivity index (χ2n) is 5.11. The molecule has 18 heavy (non-hydrogen) atoms. The van der Waals surface area contributed by atoms with Gasteiger partial charge in [0.1, 0.15) is 0 Å². The molecule has 2 heteroatoms. The van der Waals surface area contributed by atoms with Crippen LogP contribution < -0.4 is 5.32 Å². The minimum absolute atomic E-state index is 0.771. The average molecular weight is 265 g/mol. The zero-order valence-corrected chi connectivity index (χ0v) is 12.8. The number of benzene rings is 1. The summed E-state index contributed by atoms with van der Waals surface area (Å²) in [5, 5.41) is 3.52. The molecule has 0 fully saturated rings. The Hall–Kier alpha value is -0.470. The Morgan fingerprint density at radius 3 is 2.50 bits per heavy atom. The lowest BCUT2D eigenvalue weighted by Gasteiger charge is -2.20. The van der Waals surface area contributed by atoms with Gasteiger partial charge < -0.3 is 5.32 Å². The van der Waals surface area contributed by atoms with Gasteiger partial charge in [0.25, 0.3) is 0 Å². The minimum Gasteiger partial charge on any atom is -0.316 e. The predicted octanol–water partition coefficient (Wildman–Crippen LogP) is 4.44. The van der Waals surface area contributed by atoms with E-state index in [1.54, 1.807) is 0 Å². The Kier molecular flexibility index (Phi) is 8.19. The Bertz CT molecular complexity index is 299. The fourth-order valence-corrected chi connectivity index (χ4v) is 2.95. The van der Waals surface area contributed by atoms with Gasteiger partial charge in [-0.1, -0.05) is 39.0 Å². The van der Waals surface area contributed by atoms with Crippen molar-refractivity contribution in [1.82, 2.24) is 5.32 Å². The molecule has 0 aliphatic rings. The highest BCUT2D eigenvalue weighted by Crippen LogP contribution is 2.22. The lowest BCUT2D eigenvalue weighted by atomic mass is 9.93. The molecule has 102 valence electrons. The summed E-state index contributed by atoms with van der Waals surface area (Å²) in [4.78, 5) is 1.39. The Morgan fingerprint density at radius 1 is 1.11 bits per heavy atom. The van der Waals surface area contributed by atoms with Gasteiger partial charge in [0.05, 0.1) is 0 Å². The third kappa shape index (κ3) is 6.46. The average Bonchev–Trinajstić information content (AvgIpc) is 2.40. The van der Waals surface area contributed by atoms with Gasteiger partial charge in [-0.3, -0.25) is 0 Å². The van der Waals surface area contributed by atoms with E-state index >= 15 is 0 Å². The number of thioether (sulfide) groups is 1. The van der Waals surface area contributed by atoms with Gasteiger partial charge in [-0.25, -0.2) is 0 Å². The van der Waals surface area contributed by atoms with Crippen molar-refractivity contribution < 1.29 is 0 Å². The SMILES string of the molecule is CCCNCC(C)C(C)CCSc1ccccc1. The molecule has 0 radical (unpaired) electrons. The van der Waals surface area contributed by atoms with Gasteiger partial charge in [-0.15, -0.1) is 11.8 Å². The highest BCUT2D eigenvalue weighted by atomic mass is 32.2. The largest absolute Gasteiger partial charge is 0.316 e. The van der Waals surface area contributed by atoms with E-state index in [1.165, 1.54) is 23.5 Å². The van der Waals surface area contributed by atoms with Gasteiger partial charge in [0.2, 0.25) is 0 Å². The van der Waals surface area contributed by atoms with E-state index in [-0.39, 0.29) is 0 Å². The van der Waals surface area contributed by atoms with Crippen LogP contribution in [0.15, 0.2) is 35.2 Å². The first-order valence-electron chi connectivity index (χ1n) is 7.12. The molecule has 0 spiro atoms. The second-order valence-corrected chi connectivity index (χ2v) is 6.28. The molecule has 2 unspecified atom stereocenters. The Balaban J connectivity index is 2.14. The zero-order chi connectivity index (χ0) is 13.2. The maximum Gasteiger partial charge on any atom is 0.00719 e. The first-order valence-corrected chi connectivity index (χ1v) is 8.11. The topological polar surface area (TPSA) is 12.0 Å². The number of nitrogens with one attached hydrogen (secondary N) is 1. The summed E-state index contributed by atoms with van der Waals surface area (Å²) in [5.41, 5.74) is 0. The lowest BCUT2D eigenvalue weighted by Crippen LogP contribution is -2.26. The number of rotatable bonds is 9. The molecule has 1 nitrogen and oxygen atoms in total. The van der Waals surface area contributed by atoms with E-state index in [0.717, 1.165) is 24.9 Å². The van der Waals surface area contributed by atoms with Gasteiger partial charge >= 0.3 is 0 Å². The molecule has 0 aliphatic heterocycles. The van der Waals surface area contributed by atoms with Crippen LogP contribution in [0, 0.1) is 11.8 Å². The highest BCUT2D eigenvalue weighted by Gasteiger charge is 2.11. The molecule has 0 saturated carbocycles. The summed E-state index contributed by atoms with van der Waals surface area (Å²) in [6.07, 6.45) is 2.53. The van der Waals surface area contributed by atoms with Crippen LogP contribution in [0.4, 0.5) is 0 Å². The van der Waals surface area contributed by atoms with Crippen LogP contribution in [0.25, 0.3) is 0 Å². The molecule has 1 aromatic rings. The maximum absolute atomic E-state index is 3.52. The molecule has 1 rings (SSSR count). The smallest absolute Gasteiger partial charge is 0.00719 e. The fraction of sp³-hybridized carbons (Fsp3) is 0.625. The maximum atomic E-state index is 3.52. The third-order valence-corrected chi connectivity index (χ3v) is 4.49. The molecule has 0 heterocycles. The van der Waals surface area contributed by atoms with Crippen LogP contribution in [-0.4, -0.2) is 18.8 Å². The van der Waals surface area contributed by atoms with Gasteiger partial charge in [0.15, 0.2) is 0 Å². The molecule has 0 bridgehead atoms.